The van der Waals surface area contributed by atoms with Crippen LogP contribution in [0.2, 0.25) is 5.02 Å². The van der Waals surface area contributed by atoms with E-state index >= 15 is 0 Å². The normalized spacial score (nSPS) is 10.7. The van der Waals surface area contributed by atoms with Crippen LogP contribution in [0, 0.1) is 6.92 Å². The maximum atomic E-state index is 12.6. The van der Waals surface area contributed by atoms with Gasteiger partial charge in [-0.3, -0.25) is 9.59 Å². The number of carbonyl (C=O) groups excluding carboxylic acids is 2. The van der Waals surface area contributed by atoms with E-state index < -0.39 is 0 Å². The van der Waals surface area contributed by atoms with E-state index in [-0.39, 0.29) is 24.1 Å². The van der Waals surface area contributed by atoms with Gasteiger partial charge in [0.1, 0.15) is 5.58 Å². The summed E-state index contributed by atoms with van der Waals surface area (Å²) in [5, 5.41) is 4.02. The Hall–Kier alpha value is -2.79. The zero-order valence-electron chi connectivity index (χ0n) is 13.9. The molecule has 0 unspecified atom stereocenters. The molecule has 0 saturated carbocycles. The molecule has 0 atom stereocenters. The highest BCUT2D eigenvalue weighted by atomic mass is 35.5. The lowest BCUT2D eigenvalue weighted by Gasteiger charge is -2.16. The summed E-state index contributed by atoms with van der Waals surface area (Å²) in [6.07, 6.45) is 0. The van der Waals surface area contributed by atoms with E-state index in [1.165, 1.54) is 4.90 Å². The van der Waals surface area contributed by atoms with Gasteiger partial charge in [-0.15, -0.1) is 0 Å². The van der Waals surface area contributed by atoms with Gasteiger partial charge in [0.15, 0.2) is 5.76 Å². The molecule has 5 nitrogen and oxygen atoms in total. The average Bonchev–Trinajstić information content (AvgIpc) is 2.93. The Morgan fingerprint density at radius 2 is 1.80 bits per heavy atom. The molecule has 6 heteroatoms. The Bertz CT molecular complexity index is 949. The lowest BCUT2D eigenvalue weighted by molar-refractivity contribution is -0.116. The Balaban J connectivity index is 1.72. The van der Waals surface area contributed by atoms with Crippen LogP contribution in [-0.2, 0) is 4.79 Å². The van der Waals surface area contributed by atoms with Crippen LogP contribution in [0.25, 0.3) is 11.0 Å². The number of hydrogen-bond acceptors (Lipinski definition) is 3. The summed E-state index contributed by atoms with van der Waals surface area (Å²) in [6.45, 7) is 1.72. The standard InChI is InChI=1S/C19H17ClN2O3/c1-12-13-7-3-6-10-16(13)25-18(12)19(24)22(2)11-17(23)21-15-9-5-4-8-14(15)20/h3-10H,11H2,1-2H3,(H,21,23). The topological polar surface area (TPSA) is 62.6 Å². The fraction of sp³-hybridized carbons (Fsp3) is 0.158. The molecule has 0 radical (unpaired) electrons. The summed E-state index contributed by atoms with van der Waals surface area (Å²) in [4.78, 5) is 26.1. The number of carbonyl (C=O) groups is 2. The molecule has 25 heavy (non-hydrogen) atoms. The van der Waals surface area contributed by atoms with E-state index in [1.807, 2.05) is 31.2 Å². The number of nitrogens with one attached hydrogen (secondary N) is 1. The van der Waals surface area contributed by atoms with Crippen LogP contribution in [0.1, 0.15) is 16.1 Å². The second-order valence-corrected chi connectivity index (χ2v) is 6.15. The van der Waals surface area contributed by atoms with Crippen molar-refractivity contribution >= 4 is 40.1 Å². The zero-order chi connectivity index (χ0) is 18.0. The Morgan fingerprint density at radius 3 is 2.52 bits per heavy atom. The average molecular weight is 357 g/mol. The molecule has 0 fully saturated rings. The molecule has 0 spiro atoms. The van der Waals surface area contributed by atoms with Crippen molar-refractivity contribution in [3.63, 3.8) is 0 Å². The number of rotatable bonds is 4. The number of furan rings is 1. The largest absolute Gasteiger partial charge is 0.451 e. The quantitative estimate of drug-likeness (QED) is 0.765. The molecule has 1 heterocycles. The number of likely N-dealkylation sites (N-methyl/N-ethyl adjacent to an activating group) is 1. The lowest BCUT2D eigenvalue weighted by Crippen LogP contribution is -2.35. The third-order valence-corrected chi connectivity index (χ3v) is 4.24. The summed E-state index contributed by atoms with van der Waals surface area (Å²) in [5.74, 6) is -0.435. The molecule has 0 aliphatic heterocycles. The van der Waals surface area contributed by atoms with Gasteiger partial charge in [-0.1, -0.05) is 41.9 Å². The van der Waals surface area contributed by atoms with Crippen molar-refractivity contribution in [3.8, 4) is 0 Å². The van der Waals surface area contributed by atoms with Crippen molar-refractivity contribution in [2.75, 3.05) is 18.9 Å². The van der Waals surface area contributed by atoms with Crippen LogP contribution in [0.15, 0.2) is 52.9 Å². The number of anilines is 1. The van der Waals surface area contributed by atoms with Crippen molar-refractivity contribution in [1.82, 2.24) is 4.90 Å². The van der Waals surface area contributed by atoms with E-state index in [0.29, 0.717) is 16.3 Å². The second kappa shape index (κ2) is 6.99. The van der Waals surface area contributed by atoms with E-state index in [4.69, 9.17) is 16.0 Å². The van der Waals surface area contributed by atoms with Crippen molar-refractivity contribution in [3.05, 3.63) is 64.9 Å². The number of aryl methyl sites for hydroxylation is 1. The Kier molecular flexibility index (Phi) is 4.76. The molecule has 128 valence electrons. The molecule has 2 amide bonds. The molecule has 0 bridgehead atoms. The molecule has 0 aliphatic carbocycles. The van der Waals surface area contributed by atoms with Crippen LogP contribution in [0.5, 0.6) is 0 Å². The molecular weight excluding hydrogens is 340 g/mol. The highest BCUT2D eigenvalue weighted by Gasteiger charge is 2.22. The molecule has 0 aliphatic rings. The van der Waals surface area contributed by atoms with E-state index in [2.05, 4.69) is 5.32 Å². The molecule has 2 aromatic carbocycles. The van der Waals surface area contributed by atoms with Gasteiger partial charge in [-0.2, -0.15) is 0 Å². The number of benzene rings is 2. The summed E-state index contributed by atoms with van der Waals surface area (Å²) >= 11 is 6.02. The summed E-state index contributed by atoms with van der Waals surface area (Å²) in [7, 11) is 1.56. The molecule has 3 rings (SSSR count). The van der Waals surface area contributed by atoms with Crippen LogP contribution in [0.3, 0.4) is 0 Å². The zero-order valence-corrected chi connectivity index (χ0v) is 14.6. The maximum Gasteiger partial charge on any atom is 0.290 e. The predicted molar refractivity (Wildman–Crippen MR) is 98.0 cm³/mol. The maximum absolute atomic E-state index is 12.6. The van der Waals surface area contributed by atoms with Crippen LogP contribution in [-0.4, -0.2) is 30.3 Å². The second-order valence-electron chi connectivity index (χ2n) is 5.74. The molecule has 1 aromatic heterocycles. The van der Waals surface area contributed by atoms with Crippen LogP contribution < -0.4 is 5.32 Å². The number of halogens is 1. The number of para-hydroxylation sites is 2. The first-order valence-electron chi connectivity index (χ1n) is 7.75. The van der Waals surface area contributed by atoms with Crippen LogP contribution in [0.4, 0.5) is 5.69 Å². The van der Waals surface area contributed by atoms with E-state index in [9.17, 15) is 9.59 Å². The summed E-state index contributed by atoms with van der Waals surface area (Å²) in [6, 6.07) is 14.4. The van der Waals surface area contributed by atoms with Crippen molar-refractivity contribution in [2.45, 2.75) is 6.92 Å². The van der Waals surface area contributed by atoms with Crippen molar-refractivity contribution in [1.29, 1.82) is 0 Å². The third kappa shape index (κ3) is 3.51. The van der Waals surface area contributed by atoms with Gasteiger partial charge in [-0.25, -0.2) is 0 Å². The van der Waals surface area contributed by atoms with Gasteiger partial charge in [0.25, 0.3) is 5.91 Å². The van der Waals surface area contributed by atoms with Gasteiger partial charge in [-0.05, 0) is 25.1 Å². The molecule has 1 N–H and O–H groups in total. The van der Waals surface area contributed by atoms with Gasteiger partial charge < -0.3 is 14.6 Å². The minimum atomic E-state index is -0.344. The third-order valence-electron chi connectivity index (χ3n) is 3.91. The fourth-order valence-corrected chi connectivity index (χ4v) is 2.77. The highest BCUT2D eigenvalue weighted by molar-refractivity contribution is 6.33. The number of nitrogens with zero attached hydrogens (tertiary/aromatic N) is 1. The SMILES string of the molecule is Cc1c(C(=O)N(C)CC(=O)Nc2ccccc2Cl)oc2ccccc12. The van der Waals surface area contributed by atoms with Crippen LogP contribution >= 0.6 is 11.6 Å². The number of hydrogen-bond donors (Lipinski definition) is 1. The fourth-order valence-electron chi connectivity index (χ4n) is 2.59. The van der Waals surface area contributed by atoms with Gasteiger partial charge in [0, 0.05) is 18.0 Å². The molecule has 0 saturated heterocycles. The van der Waals surface area contributed by atoms with E-state index in [1.54, 1.807) is 31.3 Å². The first-order chi connectivity index (χ1) is 12.0. The predicted octanol–water partition coefficient (Wildman–Crippen LogP) is 4.11. The first kappa shape index (κ1) is 17.0. The van der Waals surface area contributed by atoms with Gasteiger partial charge >= 0.3 is 0 Å². The highest BCUT2D eigenvalue weighted by Crippen LogP contribution is 2.26. The van der Waals surface area contributed by atoms with Gasteiger partial charge in [0.05, 0.1) is 17.3 Å². The van der Waals surface area contributed by atoms with Crippen molar-refractivity contribution in [2.24, 2.45) is 0 Å². The summed E-state index contributed by atoms with van der Waals surface area (Å²) in [5.41, 5.74) is 1.92. The molecule has 3 aromatic rings. The summed E-state index contributed by atoms with van der Waals surface area (Å²) < 4.78 is 5.66. The lowest BCUT2D eigenvalue weighted by atomic mass is 10.1. The first-order valence-corrected chi connectivity index (χ1v) is 8.13. The minimum Gasteiger partial charge on any atom is -0.451 e. The minimum absolute atomic E-state index is 0.111. The molecular formula is C19H17ClN2O3. The Labute approximate surface area is 150 Å². The number of fused-ring (bicyclic) bond motifs is 1. The monoisotopic (exact) mass is 356 g/mol. The van der Waals surface area contributed by atoms with Crippen molar-refractivity contribution < 1.29 is 14.0 Å². The smallest absolute Gasteiger partial charge is 0.290 e. The Morgan fingerprint density at radius 1 is 1.12 bits per heavy atom. The number of amides is 2. The van der Waals surface area contributed by atoms with E-state index in [0.717, 1.165) is 10.9 Å². The van der Waals surface area contributed by atoms with Gasteiger partial charge in [0.2, 0.25) is 5.91 Å².